The van der Waals surface area contributed by atoms with E-state index in [4.69, 9.17) is 37.0 Å². The summed E-state index contributed by atoms with van der Waals surface area (Å²) < 4.78 is 68.3. The van der Waals surface area contributed by atoms with Gasteiger partial charge in [0, 0.05) is 25.7 Å². The van der Waals surface area contributed by atoms with Crippen molar-refractivity contribution in [3.63, 3.8) is 0 Å². The maximum atomic E-state index is 13.1. The fourth-order valence-electron chi connectivity index (χ4n) is 9.25. The van der Waals surface area contributed by atoms with Gasteiger partial charge >= 0.3 is 39.5 Å². The Hall–Kier alpha value is -5.32. The van der Waals surface area contributed by atoms with Gasteiger partial charge in [0.2, 0.25) is 0 Å². The highest BCUT2D eigenvalue weighted by molar-refractivity contribution is 7.47. The molecule has 0 saturated carbocycles. The second-order valence-corrected chi connectivity index (χ2v) is 27.4. The first-order valence-electron chi connectivity index (χ1n) is 37.7. The van der Waals surface area contributed by atoms with Crippen molar-refractivity contribution in [3.05, 3.63) is 158 Å². The molecule has 0 bridgehead atoms. The lowest BCUT2D eigenvalue weighted by atomic mass is 10.1. The van der Waals surface area contributed by atoms with E-state index in [9.17, 15) is 43.2 Å². The lowest BCUT2D eigenvalue weighted by Gasteiger charge is -2.21. The van der Waals surface area contributed by atoms with E-state index in [1.807, 2.05) is 12.2 Å². The Bertz CT molecular complexity index is 2520. The molecule has 3 N–H and O–H groups in total. The van der Waals surface area contributed by atoms with Crippen LogP contribution in [-0.2, 0) is 65.4 Å². The third kappa shape index (κ3) is 71.1. The predicted octanol–water partition coefficient (Wildman–Crippen LogP) is 21.7. The van der Waals surface area contributed by atoms with Gasteiger partial charge in [-0.2, -0.15) is 0 Å². The van der Waals surface area contributed by atoms with Crippen LogP contribution in [0.4, 0.5) is 0 Å². The quantitative estimate of drug-likeness (QED) is 0.0169. The van der Waals surface area contributed by atoms with E-state index in [1.54, 1.807) is 0 Å². The molecular weight excluding hydrogens is 1310 g/mol. The minimum atomic E-state index is -5.00. The van der Waals surface area contributed by atoms with Crippen LogP contribution in [0.3, 0.4) is 0 Å². The topological polar surface area (TPSA) is 237 Å². The molecule has 19 heteroatoms. The summed E-state index contributed by atoms with van der Waals surface area (Å²) in [6.07, 6.45) is 82.5. The molecule has 17 nitrogen and oxygen atoms in total. The van der Waals surface area contributed by atoms with Crippen molar-refractivity contribution in [2.45, 2.75) is 290 Å². The largest absolute Gasteiger partial charge is 0.472 e. The van der Waals surface area contributed by atoms with Crippen LogP contribution in [0.2, 0.25) is 0 Å². The summed E-state index contributed by atoms with van der Waals surface area (Å²) in [6.45, 7) is 4.38. The molecule has 0 amide bonds. The minimum Gasteiger partial charge on any atom is -0.462 e. The molecule has 0 heterocycles. The van der Waals surface area contributed by atoms with Crippen molar-refractivity contribution in [2.24, 2.45) is 0 Å². The Morgan fingerprint density at radius 2 is 0.550 bits per heavy atom. The van der Waals surface area contributed by atoms with Gasteiger partial charge < -0.3 is 33.8 Å². The Balaban J connectivity index is 5.47. The predicted molar refractivity (Wildman–Crippen MR) is 408 cm³/mol. The molecule has 568 valence electrons. The van der Waals surface area contributed by atoms with Crippen molar-refractivity contribution in [3.8, 4) is 0 Å². The summed E-state index contributed by atoms with van der Waals surface area (Å²) in [7, 11) is -10.00. The zero-order valence-electron chi connectivity index (χ0n) is 61.8. The van der Waals surface area contributed by atoms with Gasteiger partial charge in [0.15, 0.2) is 12.2 Å². The number of aliphatic hydroxyl groups excluding tert-OH is 1. The Morgan fingerprint density at radius 1 is 0.290 bits per heavy atom. The fourth-order valence-corrected chi connectivity index (χ4v) is 10.8. The van der Waals surface area contributed by atoms with Crippen molar-refractivity contribution < 1.29 is 80.2 Å². The second kappa shape index (κ2) is 72.0. The molecule has 0 aromatic carbocycles. The monoisotopic (exact) mass is 1440 g/mol. The van der Waals surface area contributed by atoms with Gasteiger partial charge in [0.05, 0.1) is 26.4 Å². The van der Waals surface area contributed by atoms with Crippen LogP contribution in [-0.4, -0.2) is 96.7 Å². The SMILES string of the molecule is CC/C=C\C/C=C\C/C=C\C/C=C\C/C=C\CCCC(=O)OCC(COP(=O)(O)OCC(O)COP(=O)(O)OCC(COC(=O)CCCC/C=C\C/C=C\C/C=C\C/C=C\CC)OC(=O)CCCCCCC/C=C\C/C=C\CCC)OC(=O)CCCCCCC/C=C\C/C=C\CCCCC. The van der Waals surface area contributed by atoms with Crippen molar-refractivity contribution in [1.82, 2.24) is 0 Å². The smallest absolute Gasteiger partial charge is 0.462 e. The van der Waals surface area contributed by atoms with E-state index >= 15 is 0 Å². The van der Waals surface area contributed by atoms with Gasteiger partial charge in [0.1, 0.15) is 19.3 Å². The minimum absolute atomic E-state index is 0.0604. The first-order chi connectivity index (χ1) is 48.7. The molecule has 0 spiro atoms. The van der Waals surface area contributed by atoms with Gasteiger partial charge in [-0.3, -0.25) is 37.3 Å². The third-order valence-corrected chi connectivity index (χ3v) is 16.8. The zero-order chi connectivity index (χ0) is 73.2. The summed E-state index contributed by atoms with van der Waals surface area (Å²) in [4.78, 5) is 72.8. The van der Waals surface area contributed by atoms with Gasteiger partial charge in [-0.05, 0) is 161 Å². The number of phosphoric acid groups is 2. The summed E-state index contributed by atoms with van der Waals surface area (Å²) in [6, 6.07) is 0. The van der Waals surface area contributed by atoms with Gasteiger partial charge in [-0.15, -0.1) is 0 Å². The Labute approximate surface area is 604 Å². The number of unbranched alkanes of at least 4 members (excludes halogenated alkanes) is 17. The number of rotatable bonds is 69. The average Bonchev–Trinajstić information content (AvgIpc) is 1.06. The Kier molecular flexibility index (Phi) is 68.2. The number of allylic oxidation sites excluding steroid dienone is 26. The van der Waals surface area contributed by atoms with Crippen LogP contribution in [0.1, 0.15) is 272 Å². The highest BCUT2D eigenvalue weighted by Crippen LogP contribution is 2.45. The Morgan fingerprint density at radius 3 is 0.900 bits per heavy atom. The molecule has 0 radical (unpaired) electrons. The number of aliphatic hydroxyl groups is 1. The fraction of sp³-hybridized carbons (Fsp3) is 0.630. The number of carbonyl (C=O) groups excluding carboxylic acids is 4. The average molecular weight is 1440 g/mol. The van der Waals surface area contributed by atoms with E-state index < -0.39 is 97.5 Å². The number of esters is 4. The molecule has 0 fully saturated rings. The van der Waals surface area contributed by atoms with E-state index in [0.29, 0.717) is 32.1 Å². The first-order valence-corrected chi connectivity index (χ1v) is 40.7. The van der Waals surface area contributed by atoms with E-state index in [1.165, 1.54) is 19.3 Å². The normalized spacial score (nSPS) is 14.8. The maximum absolute atomic E-state index is 13.1. The van der Waals surface area contributed by atoms with Crippen LogP contribution in [0.5, 0.6) is 0 Å². The van der Waals surface area contributed by atoms with E-state index in [0.717, 1.165) is 167 Å². The van der Waals surface area contributed by atoms with Gasteiger partial charge in [0.25, 0.3) is 0 Å². The van der Waals surface area contributed by atoms with Crippen molar-refractivity contribution >= 4 is 39.5 Å². The molecule has 0 rings (SSSR count). The summed E-state index contributed by atoms with van der Waals surface area (Å²) in [5.41, 5.74) is 0. The summed E-state index contributed by atoms with van der Waals surface area (Å²) in [5.74, 6) is -2.34. The molecule has 0 aliphatic heterocycles. The molecule has 0 aliphatic carbocycles. The summed E-state index contributed by atoms with van der Waals surface area (Å²) >= 11 is 0. The van der Waals surface area contributed by atoms with Crippen molar-refractivity contribution in [2.75, 3.05) is 39.6 Å². The van der Waals surface area contributed by atoms with Crippen LogP contribution >= 0.6 is 15.6 Å². The number of hydrogen-bond acceptors (Lipinski definition) is 15. The van der Waals surface area contributed by atoms with Crippen molar-refractivity contribution in [1.29, 1.82) is 0 Å². The standard InChI is InChI=1S/C81H132O17P2/c1-5-9-13-17-21-25-29-33-36-37-40-43-46-50-54-58-62-66-79(84)92-72-77(98-81(86)68-64-60-56-52-48-44-39-35-31-27-23-19-15-11-7-3)74-96-100(89,90)94-70-75(82)69-93-99(87,88)95-73-76(97-80(85)67-63-59-55-51-47-41-32-28-24-20-16-12-8-4)71-91-78(83)65-61-57-53-49-45-42-38-34-30-26-22-18-14-10-6-2/h9-10,13-14,16,20-23,25-28,32-36,38-40,43,45,49-50,54,75-77,82H,5-8,11-12,15,17-19,24,29-31,37,41-42,44,46-48,51-53,55-74H2,1-4H3,(H,87,88)(H,89,90)/b13-9-,14-10-,20-16-,25-21-,26-22-,27-23-,32-28-,36-33-,38-34-,39-35-,43-40-,49-45-,54-50-. The van der Waals surface area contributed by atoms with Gasteiger partial charge in [-0.25, -0.2) is 9.13 Å². The molecule has 100 heavy (non-hydrogen) atoms. The lowest BCUT2D eigenvalue weighted by Crippen LogP contribution is -2.30. The van der Waals surface area contributed by atoms with Crippen LogP contribution in [0, 0.1) is 0 Å². The number of hydrogen-bond donors (Lipinski definition) is 3. The lowest BCUT2D eigenvalue weighted by molar-refractivity contribution is -0.161. The highest BCUT2D eigenvalue weighted by Gasteiger charge is 2.30. The summed E-state index contributed by atoms with van der Waals surface area (Å²) in [5, 5.41) is 10.6. The molecule has 0 aliphatic rings. The van der Waals surface area contributed by atoms with E-state index in [-0.39, 0.29) is 25.7 Å². The molecule has 0 saturated heterocycles. The molecule has 5 unspecified atom stereocenters. The van der Waals surface area contributed by atoms with E-state index in [2.05, 4.69) is 174 Å². The highest BCUT2D eigenvalue weighted by atomic mass is 31.2. The zero-order valence-corrected chi connectivity index (χ0v) is 63.6. The van der Waals surface area contributed by atoms with Gasteiger partial charge in [-0.1, -0.05) is 243 Å². The third-order valence-electron chi connectivity index (χ3n) is 14.9. The number of ether oxygens (including phenoxy) is 4. The number of carbonyl (C=O) groups is 4. The van der Waals surface area contributed by atoms with Crippen LogP contribution < -0.4 is 0 Å². The van der Waals surface area contributed by atoms with Crippen LogP contribution in [0.15, 0.2) is 158 Å². The molecule has 0 aromatic heterocycles. The number of phosphoric ester groups is 2. The van der Waals surface area contributed by atoms with Crippen LogP contribution in [0.25, 0.3) is 0 Å². The molecule has 0 aromatic rings. The molecule has 5 atom stereocenters. The maximum Gasteiger partial charge on any atom is 0.472 e. The second-order valence-electron chi connectivity index (χ2n) is 24.5. The molecular formula is C81H132O17P2. The first kappa shape index (κ1) is 94.7.